The minimum atomic E-state index is -0.355. The molecule has 3 aromatic rings. The molecule has 2 aromatic carbocycles. The molecule has 1 fully saturated rings. The van der Waals surface area contributed by atoms with Crippen LogP contribution >= 0.6 is 0 Å². The highest BCUT2D eigenvalue weighted by molar-refractivity contribution is 5.94. The van der Waals surface area contributed by atoms with Gasteiger partial charge in [0, 0.05) is 34.4 Å². The lowest BCUT2D eigenvalue weighted by Crippen LogP contribution is -2.44. The molecule has 1 saturated heterocycles. The van der Waals surface area contributed by atoms with Crippen molar-refractivity contribution in [1.82, 2.24) is 9.88 Å². The third-order valence-corrected chi connectivity index (χ3v) is 5.23. The van der Waals surface area contributed by atoms with E-state index in [1.54, 1.807) is 0 Å². The Morgan fingerprint density at radius 3 is 2.82 bits per heavy atom. The number of benzene rings is 2. The van der Waals surface area contributed by atoms with E-state index >= 15 is 0 Å². The van der Waals surface area contributed by atoms with Gasteiger partial charge in [0.05, 0.1) is 12.5 Å². The number of nitrogens with zero attached hydrogens (tertiary/aromatic N) is 1. The highest BCUT2D eigenvalue weighted by atomic mass is 16.2. The Balaban J connectivity index is 1.47. The number of para-hydroxylation sites is 1. The van der Waals surface area contributed by atoms with E-state index in [2.05, 4.69) is 22.4 Å². The largest absolute Gasteiger partial charge is 0.369 e. The van der Waals surface area contributed by atoms with Crippen LogP contribution in [-0.4, -0.2) is 41.3 Å². The van der Waals surface area contributed by atoms with Crippen molar-refractivity contribution in [2.24, 2.45) is 11.7 Å². The quantitative estimate of drug-likeness (QED) is 0.639. The molecular weight excluding hydrogens is 352 g/mol. The number of carbonyl (C=O) groups is 2. The van der Waals surface area contributed by atoms with Crippen LogP contribution in [0.2, 0.25) is 0 Å². The average Bonchev–Trinajstić information content (AvgIpc) is 3.12. The molecule has 0 unspecified atom stereocenters. The van der Waals surface area contributed by atoms with E-state index < -0.39 is 0 Å². The maximum absolute atomic E-state index is 12.7. The van der Waals surface area contributed by atoms with Gasteiger partial charge in [-0.25, -0.2) is 0 Å². The number of nitrogens with two attached hydrogens (primary N) is 1. The Morgan fingerprint density at radius 1 is 1.14 bits per heavy atom. The van der Waals surface area contributed by atoms with Gasteiger partial charge in [0.2, 0.25) is 11.8 Å². The van der Waals surface area contributed by atoms with Gasteiger partial charge >= 0.3 is 0 Å². The van der Waals surface area contributed by atoms with Crippen molar-refractivity contribution in [3.63, 3.8) is 0 Å². The van der Waals surface area contributed by atoms with Crippen molar-refractivity contribution in [2.45, 2.75) is 12.8 Å². The molecule has 0 aliphatic carbocycles. The third-order valence-electron chi connectivity index (χ3n) is 5.23. The number of likely N-dealkylation sites (tertiary alicyclic amines) is 1. The number of H-pyrrole nitrogens is 1. The summed E-state index contributed by atoms with van der Waals surface area (Å²) < 4.78 is 0. The van der Waals surface area contributed by atoms with Crippen LogP contribution in [0.4, 0.5) is 5.69 Å². The summed E-state index contributed by atoms with van der Waals surface area (Å²) in [5.74, 6) is -0.500. The Bertz CT molecular complexity index is 977. The standard InChI is InChI=1S/C22H24N4O2/c23-21(27)14-26-10-4-7-17(13-26)22(28)24-18-8-3-6-15(11-18)20-12-16-5-1-2-9-19(16)25-20/h1-3,5-6,8-9,11-12,17,25H,4,7,10,13-14H2,(H2,23,27)(H,24,28)/t17-/m1/s1. The maximum atomic E-state index is 12.7. The summed E-state index contributed by atoms with van der Waals surface area (Å²) in [4.78, 5) is 29.2. The summed E-state index contributed by atoms with van der Waals surface area (Å²) in [7, 11) is 0. The molecule has 1 aromatic heterocycles. The van der Waals surface area contributed by atoms with Gasteiger partial charge in [-0.3, -0.25) is 14.5 Å². The third kappa shape index (κ3) is 4.07. The molecule has 4 N–H and O–H groups in total. The Morgan fingerprint density at radius 2 is 2.00 bits per heavy atom. The number of hydrogen-bond acceptors (Lipinski definition) is 3. The highest BCUT2D eigenvalue weighted by Crippen LogP contribution is 2.26. The van der Waals surface area contributed by atoms with E-state index in [0.29, 0.717) is 6.54 Å². The SMILES string of the molecule is NC(=O)CN1CCC[C@@H](C(=O)Nc2cccc(-c3cc4ccccc4[nH]3)c2)C1. The highest BCUT2D eigenvalue weighted by Gasteiger charge is 2.26. The number of piperidine rings is 1. The molecule has 1 aliphatic heterocycles. The summed E-state index contributed by atoms with van der Waals surface area (Å²) in [5.41, 5.74) is 9.18. The number of aromatic amines is 1. The van der Waals surface area contributed by atoms with Gasteiger partial charge in [0.15, 0.2) is 0 Å². The summed E-state index contributed by atoms with van der Waals surface area (Å²) in [5, 5.41) is 4.19. The fourth-order valence-electron chi connectivity index (χ4n) is 3.87. The van der Waals surface area contributed by atoms with E-state index in [1.807, 2.05) is 47.4 Å². The number of aromatic nitrogens is 1. The number of carbonyl (C=O) groups excluding carboxylic acids is 2. The van der Waals surface area contributed by atoms with Crippen molar-refractivity contribution in [3.05, 3.63) is 54.6 Å². The lowest BCUT2D eigenvalue weighted by Gasteiger charge is -2.31. The van der Waals surface area contributed by atoms with Gasteiger partial charge in [-0.15, -0.1) is 0 Å². The fourth-order valence-corrected chi connectivity index (χ4v) is 3.87. The second-order valence-corrected chi connectivity index (χ2v) is 7.38. The first-order chi connectivity index (χ1) is 13.6. The molecule has 28 heavy (non-hydrogen) atoms. The number of hydrogen-bond donors (Lipinski definition) is 3. The number of anilines is 1. The van der Waals surface area contributed by atoms with Crippen molar-refractivity contribution in [1.29, 1.82) is 0 Å². The zero-order valence-electron chi connectivity index (χ0n) is 15.7. The molecule has 0 radical (unpaired) electrons. The maximum Gasteiger partial charge on any atom is 0.231 e. The summed E-state index contributed by atoms with van der Waals surface area (Å²) in [6.07, 6.45) is 1.71. The Hall–Kier alpha value is -3.12. The number of nitrogens with one attached hydrogen (secondary N) is 2. The van der Waals surface area contributed by atoms with E-state index in [0.717, 1.165) is 47.2 Å². The van der Waals surface area contributed by atoms with Gasteiger partial charge in [-0.1, -0.05) is 30.3 Å². The smallest absolute Gasteiger partial charge is 0.231 e. The Labute approximate surface area is 163 Å². The van der Waals surface area contributed by atoms with Gasteiger partial charge in [0.1, 0.15) is 0 Å². The van der Waals surface area contributed by atoms with Crippen LogP contribution in [0, 0.1) is 5.92 Å². The summed E-state index contributed by atoms with van der Waals surface area (Å²) in [6, 6.07) is 18.1. The normalized spacial score (nSPS) is 17.5. The van der Waals surface area contributed by atoms with E-state index in [1.165, 1.54) is 0 Å². The average molecular weight is 376 g/mol. The van der Waals surface area contributed by atoms with E-state index in [4.69, 9.17) is 5.73 Å². The predicted octanol–water partition coefficient (Wildman–Crippen LogP) is 2.97. The first-order valence-electron chi connectivity index (χ1n) is 9.58. The molecule has 6 heteroatoms. The van der Waals surface area contributed by atoms with Crippen LogP contribution in [0.25, 0.3) is 22.2 Å². The van der Waals surface area contributed by atoms with Crippen LogP contribution in [0.15, 0.2) is 54.6 Å². The number of amides is 2. The minimum Gasteiger partial charge on any atom is -0.369 e. The Kier molecular flexibility index (Phi) is 5.12. The lowest BCUT2D eigenvalue weighted by molar-refractivity contribution is -0.124. The first-order valence-corrected chi connectivity index (χ1v) is 9.58. The molecule has 2 heterocycles. The van der Waals surface area contributed by atoms with Crippen molar-refractivity contribution < 1.29 is 9.59 Å². The minimum absolute atomic E-state index is 0.0111. The molecule has 0 spiro atoms. The zero-order valence-corrected chi connectivity index (χ0v) is 15.7. The van der Waals surface area contributed by atoms with E-state index in [-0.39, 0.29) is 24.3 Å². The molecule has 144 valence electrons. The number of fused-ring (bicyclic) bond motifs is 1. The van der Waals surface area contributed by atoms with Gasteiger partial charge in [-0.05, 0) is 43.7 Å². The summed E-state index contributed by atoms with van der Waals surface area (Å²) in [6.45, 7) is 1.58. The summed E-state index contributed by atoms with van der Waals surface area (Å²) >= 11 is 0. The van der Waals surface area contributed by atoms with Gasteiger partial charge in [0.25, 0.3) is 0 Å². The molecule has 1 aliphatic rings. The molecule has 1 atom stereocenters. The predicted molar refractivity (Wildman–Crippen MR) is 111 cm³/mol. The second kappa shape index (κ2) is 7.86. The van der Waals surface area contributed by atoms with Crippen LogP contribution in [0.3, 0.4) is 0 Å². The molecule has 0 saturated carbocycles. The van der Waals surface area contributed by atoms with Crippen molar-refractivity contribution in [2.75, 3.05) is 25.0 Å². The monoisotopic (exact) mass is 376 g/mol. The van der Waals surface area contributed by atoms with Gasteiger partial charge < -0.3 is 16.0 Å². The van der Waals surface area contributed by atoms with Crippen molar-refractivity contribution in [3.8, 4) is 11.3 Å². The molecule has 2 amide bonds. The second-order valence-electron chi connectivity index (χ2n) is 7.38. The molecule has 0 bridgehead atoms. The van der Waals surface area contributed by atoms with Crippen molar-refractivity contribution >= 4 is 28.4 Å². The fraction of sp³-hybridized carbons (Fsp3) is 0.273. The lowest BCUT2D eigenvalue weighted by atomic mass is 9.97. The van der Waals surface area contributed by atoms with Crippen LogP contribution in [-0.2, 0) is 9.59 Å². The first kappa shape index (κ1) is 18.3. The number of rotatable bonds is 5. The molecular formula is C22H24N4O2. The van der Waals surface area contributed by atoms with Crippen LogP contribution in [0.5, 0.6) is 0 Å². The van der Waals surface area contributed by atoms with Crippen LogP contribution < -0.4 is 11.1 Å². The van der Waals surface area contributed by atoms with Crippen LogP contribution in [0.1, 0.15) is 12.8 Å². The van der Waals surface area contributed by atoms with E-state index in [9.17, 15) is 9.59 Å². The zero-order chi connectivity index (χ0) is 19.5. The topological polar surface area (TPSA) is 91.2 Å². The molecule has 6 nitrogen and oxygen atoms in total. The van der Waals surface area contributed by atoms with Gasteiger partial charge in [-0.2, -0.15) is 0 Å². The number of primary amides is 1. The molecule has 4 rings (SSSR count).